The average molecular weight is 286 g/mol. The van der Waals surface area contributed by atoms with Crippen LogP contribution in [0.15, 0.2) is 54.6 Å². The number of benzene rings is 2. The van der Waals surface area contributed by atoms with Crippen molar-refractivity contribution in [1.29, 1.82) is 0 Å². The fourth-order valence-corrected chi connectivity index (χ4v) is 3.13. The zero-order chi connectivity index (χ0) is 14.5. The molecule has 0 atom stereocenters. The fraction of sp³-hybridized carbons (Fsp3) is 0.333. The van der Waals surface area contributed by atoms with Gasteiger partial charge in [-0.1, -0.05) is 42.5 Å². The summed E-state index contributed by atoms with van der Waals surface area (Å²) in [5, 5.41) is 0. The maximum atomic E-state index is 13.2. The van der Waals surface area contributed by atoms with E-state index in [1.54, 1.807) is 21.9 Å². The molecule has 110 valence electrons. The third-order valence-corrected chi connectivity index (χ3v) is 4.30. The minimum absolute atomic E-state index is 0.125. The Bertz CT molecular complexity index is 562. The Morgan fingerprint density at radius 1 is 0.714 bits per heavy atom. The van der Waals surface area contributed by atoms with Gasteiger partial charge in [0.15, 0.2) is 0 Å². The molecule has 2 aromatic rings. The Morgan fingerprint density at radius 2 is 1.29 bits per heavy atom. The van der Waals surface area contributed by atoms with Crippen LogP contribution in [0.2, 0.25) is 0 Å². The Balaban J connectivity index is 1.49. The van der Waals surface area contributed by atoms with Gasteiger partial charge >= 0.3 is 0 Å². The van der Waals surface area contributed by atoms with Crippen molar-refractivity contribution in [3.8, 4) is 0 Å². The van der Waals surface area contributed by atoms with Crippen LogP contribution < -0.4 is 9.80 Å². The molecule has 0 saturated carbocycles. The van der Waals surface area contributed by atoms with E-state index in [2.05, 4.69) is 30.3 Å². The minimum atomic E-state index is -0.125. The number of rotatable bonds is 4. The van der Waals surface area contributed by atoms with Gasteiger partial charge in [-0.05, 0) is 12.1 Å². The largest absolute Gasteiger partial charge is 0.322 e. The predicted molar refractivity (Wildman–Crippen MR) is 81.6 cm³/mol. The van der Waals surface area contributed by atoms with Crippen LogP contribution in [0, 0.1) is 5.82 Å². The molecule has 1 saturated heterocycles. The summed E-state index contributed by atoms with van der Waals surface area (Å²) in [6.07, 6.45) is 0. The van der Waals surface area contributed by atoms with Crippen LogP contribution in [0.4, 0.5) is 4.39 Å². The molecule has 0 aliphatic carbocycles. The van der Waals surface area contributed by atoms with E-state index < -0.39 is 0 Å². The molecule has 1 fully saturated rings. The fourth-order valence-electron chi connectivity index (χ4n) is 3.13. The quantitative estimate of drug-likeness (QED) is 0.800. The van der Waals surface area contributed by atoms with Crippen molar-refractivity contribution >= 4 is 0 Å². The lowest BCUT2D eigenvalue weighted by Gasteiger charge is -2.29. The van der Waals surface area contributed by atoms with Crippen LogP contribution in [0.3, 0.4) is 0 Å². The van der Waals surface area contributed by atoms with Gasteiger partial charge in [0.1, 0.15) is 45.1 Å². The molecule has 3 heteroatoms. The van der Waals surface area contributed by atoms with E-state index in [9.17, 15) is 4.39 Å². The van der Waals surface area contributed by atoms with E-state index in [0.717, 1.165) is 18.7 Å². The monoisotopic (exact) mass is 286 g/mol. The van der Waals surface area contributed by atoms with Crippen LogP contribution in [0.5, 0.6) is 0 Å². The van der Waals surface area contributed by atoms with Crippen LogP contribution in [-0.2, 0) is 13.1 Å². The SMILES string of the molecule is Fc1cccc(C[NH+]2CC[NH+](Cc3ccccc3)CC2)c1. The molecule has 0 spiro atoms. The molecule has 21 heavy (non-hydrogen) atoms. The second-order valence-corrected chi connectivity index (χ2v) is 5.97. The average Bonchev–Trinajstić information content (AvgIpc) is 2.50. The van der Waals surface area contributed by atoms with Gasteiger partial charge in [0, 0.05) is 11.1 Å². The summed E-state index contributed by atoms with van der Waals surface area (Å²) >= 11 is 0. The molecule has 2 nitrogen and oxygen atoms in total. The summed E-state index contributed by atoms with van der Waals surface area (Å²) in [5.41, 5.74) is 2.53. The van der Waals surface area contributed by atoms with Crippen molar-refractivity contribution in [3.63, 3.8) is 0 Å². The second-order valence-electron chi connectivity index (χ2n) is 5.97. The number of nitrogens with one attached hydrogen (secondary N) is 2. The normalized spacial score (nSPS) is 22.1. The highest BCUT2D eigenvalue weighted by Gasteiger charge is 2.23. The maximum Gasteiger partial charge on any atom is 0.127 e. The van der Waals surface area contributed by atoms with Crippen LogP contribution >= 0.6 is 0 Å². The zero-order valence-corrected chi connectivity index (χ0v) is 12.3. The second kappa shape index (κ2) is 6.83. The molecule has 1 aliphatic heterocycles. The molecular weight excluding hydrogens is 263 g/mol. The lowest BCUT2D eigenvalue weighted by molar-refractivity contribution is -1.02. The molecule has 2 aromatic carbocycles. The maximum absolute atomic E-state index is 13.2. The Labute approximate surface area is 125 Å². The van der Waals surface area contributed by atoms with Crippen LogP contribution in [-0.4, -0.2) is 26.2 Å². The van der Waals surface area contributed by atoms with Crippen molar-refractivity contribution in [2.24, 2.45) is 0 Å². The van der Waals surface area contributed by atoms with E-state index >= 15 is 0 Å². The first-order valence-corrected chi connectivity index (χ1v) is 7.75. The van der Waals surface area contributed by atoms with Gasteiger partial charge in [0.25, 0.3) is 0 Å². The smallest absolute Gasteiger partial charge is 0.127 e. The number of hydrogen-bond donors (Lipinski definition) is 2. The summed E-state index contributed by atoms with van der Waals surface area (Å²) < 4.78 is 13.2. The molecule has 0 aromatic heterocycles. The van der Waals surface area contributed by atoms with Gasteiger partial charge < -0.3 is 9.80 Å². The summed E-state index contributed by atoms with van der Waals surface area (Å²) in [7, 11) is 0. The minimum Gasteiger partial charge on any atom is -0.322 e. The van der Waals surface area contributed by atoms with E-state index in [-0.39, 0.29) is 5.82 Å². The van der Waals surface area contributed by atoms with E-state index in [1.165, 1.54) is 37.8 Å². The van der Waals surface area contributed by atoms with Crippen molar-refractivity contribution in [3.05, 3.63) is 71.5 Å². The van der Waals surface area contributed by atoms with Crippen molar-refractivity contribution in [2.75, 3.05) is 26.2 Å². The third-order valence-electron chi connectivity index (χ3n) is 4.30. The highest BCUT2D eigenvalue weighted by atomic mass is 19.1. The first kappa shape index (κ1) is 14.2. The van der Waals surface area contributed by atoms with E-state index in [4.69, 9.17) is 0 Å². The highest BCUT2D eigenvalue weighted by Crippen LogP contribution is 2.01. The Morgan fingerprint density at radius 3 is 1.90 bits per heavy atom. The van der Waals surface area contributed by atoms with Crippen LogP contribution in [0.1, 0.15) is 11.1 Å². The molecule has 2 N–H and O–H groups in total. The predicted octanol–water partition coefficient (Wildman–Crippen LogP) is 0.309. The zero-order valence-electron chi connectivity index (χ0n) is 12.3. The number of quaternary nitrogens is 2. The molecule has 3 rings (SSSR count). The van der Waals surface area contributed by atoms with Gasteiger partial charge in [-0.25, -0.2) is 4.39 Å². The summed E-state index contributed by atoms with van der Waals surface area (Å²) in [6, 6.07) is 17.7. The van der Waals surface area contributed by atoms with Crippen LogP contribution in [0.25, 0.3) is 0 Å². The molecule has 0 unspecified atom stereocenters. The number of piperazine rings is 1. The lowest BCUT2D eigenvalue weighted by atomic mass is 10.1. The van der Waals surface area contributed by atoms with E-state index in [0.29, 0.717) is 0 Å². The first-order chi connectivity index (χ1) is 10.3. The summed E-state index contributed by atoms with van der Waals surface area (Å²) in [6.45, 7) is 6.78. The first-order valence-electron chi connectivity index (χ1n) is 7.75. The van der Waals surface area contributed by atoms with Crippen molar-refractivity contribution < 1.29 is 14.2 Å². The molecule has 1 aliphatic rings. The third kappa shape index (κ3) is 4.13. The lowest BCUT2D eigenvalue weighted by Crippen LogP contribution is -3.27. The van der Waals surface area contributed by atoms with Gasteiger partial charge in [-0.15, -0.1) is 0 Å². The number of hydrogen-bond acceptors (Lipinski definition) is 0. The standard InChI is InChI=1S/C18H21FN2/c19-18-8-4-7-17(13-18)15-21-11-9-20(10-12-21)14-16-5-2-1-3-6-16/h1-8,13H,9-12,14-15H2/p+2. The topological polar surface area (TPSA) is 8.88 Å². The molecule has 0 amide bonds. The molecule has 0 bridgehead atoms. The Hall–Kier alpha value is -1.71. The highest BCUT2D eigenvalue weighted by molar-refractivity contribution is 5.15. The molecular formula is C18H23FN2+2. The molecule has 0 radical (unpaired) electrons. The summed E-state index contributed by atoms with van der Waals surface area (Å²) in [5.74, 6) is -0.125. The van der Waals surface area contributed by atoms with Gasteiger partial charge in [0.05, 0.1) is 0 Å². The Kier molecular flexibility index (Phi) is 4.63. The van der Waals surface area contributed by atoms with Crippen molar-refractivity contribution in [2.45, 2.75) is 13.1 Å². The number of halogens is 1. The summed E-state index contributed by atoms with van der Waals surface area (Å²) in [4.78, 5) is 3.22. The van der Waals surface area contributed by atoms with Gasteiger partial charge in [-0.2, -0.15) is 0 Å². The van der Waals surface area contributed by atoms with Gasteiger partial charge in [0.2, 0.25) is 0 Å². The van der Waals surface area contributed by atoms with E-state index in [1.807, 2.05) is 6.07 Å². The molecule has 1 heterocycles. The van der Waals surface area contributed by atoms with Crippen molar-refractivity contribution in [1.82, 2.24) is 0 Å². The van der Waals surface area contributed by atoms with Gasteiger partial charge in [-0.3, -0.25) is 0 Å².